The summed E-state index contributed by atoms with van der Waals surface area (Å²) in [7, 11) is 0. The maximum atomic E-state index is 6.30. The predicted molar refractivity (Wildman–Crippen MR) is 84.2 cm³/mol. The van der Waals surface area contributed by atoms with Gasteiger partial charge in [0.2, 0.25) is 0 Å². The second-order valence-electron chi connectivity index (χ2n) is 4.70. The molecular formula is C16H21ClN2O. The Bertz CT molecular complexity index is 559. The molecule has 4 heteroatoms. The summed E-state index contributed by atoms with van der Waals surface area (Å²) in [5, 5.41) is 1.73. The number of hydrogen-bond acceptors (Lipinski definition) is 3. The highest BCUT2D eigenvalue weighted by molar-refractivity contribution is 6.30. The van der Waals surface area contributed by atoms with Crippen molar-refractivity contribution in [2.75, 3.05) is 26.3 Å². The second-order valence-corrected chi connectivity index (χ2v) is 5.05. The summed E-state index contributed by atoms with van der Waals surface area (Å²) in [6.45, 7) is 8.36. The van der Waals surface area contributed by atoms with Gasteiger partial charge in [-0.15, -0.1) is 0 Å². The van der Waals surface area contributed by atoms with Crippen LogP contribution in [0.15, 0.2) is 30.3 Å². The van der Waals surface area contributed by atoms with E-state index in [4.69, 9.17) is 16.3 Å². The van der Waals surface area contributed by atoms with E-state index >= 15 is 0 Å². The molecule has 108 valence electrons. The van der Waals surface area contributed by atoms with E-state index in [1.54, 1.807) is 0 Å². The molecule has 0 unspecified atom stereocenters. The van der Waals surface area contributed by atoms with Gasteiger partial charge in [-0.1, -0.05) is 36.7 Å². The van der Waals surface area contributed by atoms with E-state index in [-0.39, 0.29) is 0 Å². The molecule has 0 aliphatic heterocycles. The average Bonchev–Trinajstić information content (AvgIpc) is 2.47. The Morgan fingerprint density at radius 3 is 2.80 bits per heavy atom. The van der Waals surface area contributed by atoms with Crippen molar-refractivity contribution < 1.29 is 4.74 Å². The monoisotopic (exact) mass is 292 g/mol. The maximum absolute atomic E-state index is 6.30. The van der Waals surface area contributed by atoms with Crippen LogP contribution in [0.25, 0.3) is 10.9 Å². The summed E-state index contributed by atoms with van der Waals surface area (Å²) in [5.41, 5.74) is 2.02. The first-order valence-corrected chi connectivity index (χ1v) is 7.46. The molecule has 0 fully saturated rings. The van der Waals surface area contributed by atoms with Gasteiger partial charge in [0.15, 0.2) is 0 Å². The van der Waals surface area contributed by atoms with Gasteiger partial charge >= 0.3 is 0 Å². The molecule has 0 amide bonds. The average molecular weight is 293 g/mol. The van der Waals surface area contributed by atoms with Crippen molar-refractivity contribution in [3.8, 4) is 0 Å². The van der Waals surface area contributed by atoms with Crippen molar-refractivity contribution in [3.63, 3.8) is 0 Å². The number of ether oxygens (including phenoxy) is 1. The van der Waals surface area contributed by atoms with E-state index in [2.05, 4.69) is 28.9 Å². The van der Waals surface area contributed by atoms with Crippen LogP contribution in [-0.4, -0.2) is 36.2 Å². The van der Waals surface area contributed by atoms with Crippen LogP contribution >= 0.6 is 11.6 Å². The van der Waals surface area contributed by atoms with E-state index in [0.29, 0.717) is 5.15 Å². The number of rotatable bonds is 7. The first-order valence-electron chi connectivity index (χ1n) is 7.08. The number of para-hydroxylation sites is 1. The van der Waals surface area contributed by atoms with Crippen LogP contribution in [-0.2, 0) is 11.3 Å². The maximum Gasteiger partial charge on any atom is 0.134 e. The molecule has 0 saturated heterocycles. The number of hydrogen-bond donors (Lipinski definition) is 0. The fourth-order valence-corrected chi connectivity index (χ4v) is 2.38. The second kappa shape index (κ2) is 7.58. The topological polar surface area (TPSA) is 25.4 Å². The van der Waals surface area contributed by atoms with Crippen molar-refractivity contribution in [2.45, 2.75) is 20.4 Å². The summed E-state index contributed by atoms with van der Waals surface area (Å²) in [6, 6.07) is 10.2. The Labute approximate surface area is 125 Å². The molecule has 1 aromatic heterocycles. The molecule has 3 nitrogen and oxygen atoms in total. The van der Waals surface area contributed by atoms with Crippen LogP contribution in [0.3, 0.4) is 0 Å². The molecule has 20 heavy (non-hydrogen) atoms. The van der Waals surface area contributed by atoms with Crippen LogP contribution in [0.2, 0.25) is 5.15 Å². The minimum atomic E-state index is 0.596. The van der Waals surface area contributed by atoms with Gasteiger partial charge in [-0.2, -0.15) is 0 Å². The Morgan fingerprint density at radius 2 is 2.05 bits per heavy atom. The van der Waals surface area contributed by atoms with Crippen molar-refractivity contribution >= 4 is 22.5 Å². The zero-order valence-corrected chi connectivity index (χ0v) is 12.9. The lowest BCUT2D eigenvalue weighted by atomic mass is 10.1. The van der Waals surface area contributed by atoms with E-state index < -0.39 is 0 Å². The molecule has 0 saturated carbocycles. The predicted octanol–water partition coefficient (Wildman–Crippen LogP) is 3.75. The summed E-state index contributed by atoms with van der Waals surface area (Å²) in [6.07, 6.45) is 0. The van der Waals surface area contributed by atoms with Gasteiger partial charge in [-0.05, 0) is 25.6 Å². The van der Waals surface area contributed by atoms with Gasteiger partial charge in [-0.25, -0.2) is 4.98 Å². The lowest BCUT2D eigenvalue weighted by Gasteiger charge is -2.20. The van der Waals surface area contributed by atoms with Crippen LogP contribution < -0.4 is 0 Å². The highest BCUT2D eigenvalue weighted by atomic mass is 35.5. The lowest BCUT2D eigenvalue weighted by Crippen LogP contribution is -2.27. The smallest absolute Gasteiger partial charge is 0.134 e. The lowest BCUT2D eigenvalue weighted by molar-refractivity contribution is 0.113. The quantitative estimate of drug-likeness (QED) is 0.574. The fraction of sp³-hybridized carbons (Fsp3) is 0.438. The Hall–Kier alpha value is -1.16. The van der Waals surface area contributed by atoms with Crippen molar-refractivity contribution in [1.82, 2.24) is 9.88 Å². The number of benzene rings is 1. The molecule has 0 bridgehead atoms. The highest BCUT2D eigenvalue weighted by Crippen LogP contribution is 2.21. The van der Waals surface area contributed by atoms with Gasteiger partial charge < -0.3 is 4.74 Å². The van der Waals surface area contributed by atoms with E-state index in [9.17, 15) is 0 Å². The fourth-order valence-electron chi connectivity index (χ4n) is 2.17. The first kappa shape index (κ1) is 15.2. The van der Waals surface area contributed by atoms with E-state index in [1.807, 2.05) is 25.1 Å². The van der Waals surface area contributed by atoms with E-state index in [0.717, 1.165) is 49.3 Å². The number of fused-ring (bicyclic) bond motifs is 1. The largest absolute Gasteiger partial charge is 0.380 e. The molecule has 1 aromatic carbocycles. The standard InChI is InChI=1S/C16H21ClN2O/c1-3-19(9-10-20-4-2)12-14-11-13-7-5-6-8-15(13)18-16(14)17/h5-8,11H,3-4,9-10,12H2,1-2H3. The van der Waals surface area contributed by atoms with Crippen LogP contribution in [0, 0.1) is 0 Å². The third-order valence-corrected chi connectivity index (χ3v) is 3.67. The van der Waals surface area contributed by atoms with Crippen molar-refractivity contribution in [3.05, 3.63) is 41.0 Å². The number of halogens is 1. The molecule has 0 aliphatic rings. The molecule has 0 N–H and O–H groups in total. The third kappa shape index (κ3) is 3.92. The molecule has 0 spiro atoms. The van der Waals surface area contributed by atoms with Gasteiger partial charge in [0.05, 0.1) is 12.1 Å². The van der Waals surface area contributed by atoms with Gasteiger partial charge in [-0.3, -0.25) is 4.90 Å². The Balaban J connectivity index is 2.12. The molecule has 0 aliphatic carbocycles. The SMILES string of the molecule is CCOCCN(CC)Cc1cc2ccccc2nc1Cl. The summed E-state index contributed by atoms with van der Waals surface area (Å²) < 4.78 is 5.41. The Kier molecular flexibility index (Phi) is 5.77. The normalized spacial score (nSPS) is 11.4. The summed E-state index contributed by atoms with van der Waals surface area (Å²) in [5.74, 6) is 0. The first-order chi connectivity index (χ1) is 9.74. The van der Waals surface area contributed by atoms with Gasteiger partial charge in [0, 0.05) is 30.6 Å². The third-order valence-electron chi connectivity index (χ3n) is 3.35. The number of likely N-dealkylation sites (N-methyl/N-ethyl adjacent to an activating group) is 1. The Morgan fingerprint density at radius 1 is 1.25 bits per heavy atom. The zero-order valence-electron chi connectivity index (χ0n) is 12.1. The van der Waals surface area contributed by atoms with Gasteiger partial charge in [0.1, 0.15) is 5.15 Å². The summed E-state index contributed by atoms with van der Waals surface area (Å²) in [4.78, 5) is 6.78. The van der Waals surface area contributed by atoms with Gasteiger partial charge in [0.25, 0.3) is 0 Å². The molecule has 0 radical (unpaired) electrons. The molecule has 2 rings (SSSR count). The van der Waals surface area contributed by atoms with Crippen molar-refractivity contribution in [2.24, 2.45) is 0 Å². The molecule has 0 atom stereocenters. The van der Waals surface area contributed by atoms with Crippen LogP contribution in [0.4, 0.5) is 0 Å². The number of nitrogens with zero attached hydrogens (tertiary/aromatic N) is 2. The molecule has 2 aromatic rings. The number of pyridine rings is 1. The van der Waals surface area contributed by atoms with Crippen LogP contribution in [0.5, 0.6) is 0 Å². The van der Waals surface area contributed by atoms with E-state index in [1.165, 1.54) is 0 Å². The van der Waals surface area contributed by atoms with Crippen LogP contribution in [0.1, 0.15) is 19.4 Å². The molecular weight excluding hydrogens is 272 g/mol. The number of aromatic nitrogens is 1. The highest BCUT2D eigenvalue weighted by Gasteiger charge is 2.09. The van der Waals surface area contributed by atoms with Crippen molar-refractivity contribution in [1.29, 1.82) is 0 Å². The summed E-state index contributed by atoms with van der Waals surface area (Å²) >= 11 is 6.30. The molecule has 1 heterocycles. The minimum Gasteiger partial charge on any atom is -0.380 e. The zero-order chi connectivity index (χ0) is 14.4. The minimum absolute atomic E-state index is 0.596.